The molecule has 1 saturated carbocycles. The summed E-state index contributed by atoms with van der Waals surface area (Å²) in [6.45, 7) is 12.2. The van der Waals surface area contributed by atoms with Crippen molar-refractivity contribution in [2.75, 3.05) is 5.32 Å². The molecule has 0 aliphatic heterocycles. The number of nitrogens with zero attached hydrogens (tertiary/aromatic N) is 3. The number of anilines is 2. The van der Waals surface area contributed by atoms with Crippen molar-refractivity contribution in [2.45, 2.75) is 32.7 Å². The summed E-state index contributed by atoms with van der Waals surface area (Å²) in [5.74, 6) is 0.784. The number of aromatic nitrogens is 3. The SMILES string of the molecule is C=Cc1cn2ncnc(Nc3cc(C(=C)NC4CC4)ccc3C)c2c1C. The molecule has 2 N–H and O–H groups in total. The van der Waals surface area contributed by atoms with Crippen molar-refractivity contribution in [3.05, 3.63) is 66.1 Å². The lowest BCUT2D eigenvalue weighted by Gasteiger charge is -2.14. The fourth-order valence-corrected chi connectivity index (χ4v) is 3.11. The second-order valence-electron chi connectivity index (χ2n) is 6.87. The van der Waals surface area contributed by atoms with Crippen LogP contribution in [0.3, 0.4) is 0 Å². The molecule has 0 radical (unpaired) electrons. The van der Waals surface area contributed by atoms with Crippen LogP contribution in [0.1, 0.15) is 35.1 Å². The lowest BCUT2D eigenvalue weighted by molar-refractivity contribution is 0.885. The Labute approximate surface area is 153 Å². The zero-order valence-corrected chi connectivity index (χ0v) is 15.2. The van der Waals surface area contributed by atoms with Gasteiger partial charge in [0.15, 0.2) is 5.82 Å². The minimum atomic E-state index is 0.586. The molecule has 132 valence electrons. The van der Waals surface area contributed by atoms with Crippen molar-refractivity contribution in [3.63, 3.8) is 0 Å². The Bertz CT molecular complexity index is 1010. The van der Waals surface area contributed by atoms with E-state index in [1.165, 1.54) is 12.8 Å². The first-order valence-corrected chi connectivity index (χ1v) is 8.85. The molecule has 0 spiro atoms. The highest BCUT2D eigenvalue weighted by molar-refractivity contribution is 5.81. The Morgan fingerprint density at radius 1 is 1.31 bits per heavy atom. The van der Waals surface area contributed by atoms with Crippen LogP contribution in [0.4, 0.5) is 11.5 Å². The van der Waals surface area contributed by atoms with E-state index < -0.39 is 0 Å². The Morgan fingerprint density at radius 3 is 2.85 bits per heavy atom. The Hall–Kier alpha value is -3.08. The molecule has 0 amide bonds. The number of hydrogen-bond donors (Lipinski definition) is 2. The Balaban J connectivity index is 1.70. The minimum absolute atomic E-state index is 0.586. The van der Waals surface area contributed by atoms with Gasteiger partial charge in [0.1, 0.15) is 11.8 Å². The maximum Gasteiger partial charge on any atom is 0.158 e. The summed E-state index contributed by atoms with van der Waals surface area (Å²) in [6.07, 6.45) is 7.83. The van der Waals surface area contributed by atoms with Gasteiger partial charge in [-0.15, -0.1) is 0 Å². The van der Waals surface area contributed by atoms with Gasteiger partial charge in [0.05, 0.1) is 0 Å². The number of nitrogens with one attached hydrogen (secondary N) is 2. The monoisotopic (exact) mass is 345 g/mol. The second kappa shape index (κ2) is 6.33. The maximum atomic E-state index is 4.47. The van der Waals surface area contributed by atoms with Gasteiger partial charge < -0.3 is 10.6 Å². The van der Waals surface area contributed by atoms with E-state index in [0.717, 1.165) is 45.0 Å². The van der Waals surface area contributed by atoms with Gasteiger partial charge >= 0.3 is 0 Å². The standard InChI is InChI=1S/C21H23N5/c1-5-16-11-26-20(14(16)3)21(22-12-23-26)25-19-10-17(7-6-13(19)2)15(4)24-18-8-9-18/h5-7,10-12,18,24H,1,4,8-9H2,2-3H3,(H,22,23,25). The van der Waals surface area contributed by atoms with E-state index in [2.05, 4.69) is 65.9 Å². The number of hydrogen-bond acceptors (Lipinski definition) is 4. The topological polar surface area (TPSA) is 54.2 Å². The van der Waals surface area contributed by atoms with Crippen LogP contribution < -0.4 is 10.6 Å². The van der Waals surface area contributed by atoms with E-state index in [-0.39, 0.29) is 0 Å². The van der Waals surface area contributed by atoms with Crippen LogP contribution in [0.15, 0.2) is 43.9 Å². The van der Waals surface area contributed by atoms with Crippen LogP contribution >= 0.6 is 0 Å². The summed E-state index contributed by atoms with van der Waals surface area (Å²) in [5, 5.41) is 11.3. The van der Waals surface area contributed by atoms with E-state index >= 15 is 0 Å². The lowest BCUT2D eigenvalue weighted by Crippen LogP contribution is -2.13. The average Bonchev–Trinajstić information content (AvgIpc) is 3.38. The first-order chi connectivity index (χ1) is 12.6. The molecule has 4 rings (SSSR count). The van der Waals surface area contributed by atoms with Gasteiger partial charge in [-0.1, -0.05) is 31.4 Å². The average molecular weight is 345 g/mol. The fraction of sp³-hybridized carbons (Fsp3) is 0.238. The summed E-state index contributed by atoms with van der Waals surface area (Å²) in [5.41, 5.74) is 7.35. The largest absolute Gasteiger partial charge is 0.382 e. The molecule has 0 atom stereocenters. The predicted molar refractivity (Wildman–Crippen MR) is 107 cm³/mol. The van der Waals surface area contributed by atoms with Crippen LogP contribution in [0, 0.1) is 13.8 Å². The first-order valence-electron chi connectivity index (χ1n) is 8.85. The van der Waals surface area contributed by atoms with Crippen molar-refractivity contribution in [3.8, 4) is 0 Å². The maximum absolute atomic E-state index is 4.47. The molecule has 0 saturated heterocycles. The summed E-state index contributed by atoms with van der Waals surface area (Å²) >= 11 is 0. The van der Waals surface area contributed by atoms with Crippen LogP contribution in [-0.2, 0) is 0 Å². The number of benzene rings is 1. The molecule has 1 aliphatic carbocycles. The Kier molecular flexibility index (Phi) is 3.99. The van der Waals surface area contributed by atoms with Crippen molar-refractivity contribution >= 4 is 28.8 Å². The number of aryl methyl sites for hydroxylation is 2. The number of fused-ring (bicyclic) bond motifs is 1. The predicted octanol–water partition coefficient (Wildman–Crippen LogP) is 4.46. The molecule has 1 aliphatic rings. The Morgan fingerprint density at radius 2 is 2.12 bits per heavy atom. The zero-order chi connectivity index (χ0) is 18.3. The van der Waals surface area contributed by atoms with Gasteiger partial charge in [-0.3, -0.25) is 0 Å². The van der Waals surface area contributed by atoms with Crippen LogP contribution in [0.2, 0.25) is 0 Å². The minimum Gasteiger partial charge on any atom is -0.382 e. The third kappa shape index (κ3) is 2.96. The molecule has 0 unspecified atom stereocenters. The summed E-state index contributed by atoms with van der Waals surface area (Å²) < 4.78 is 1.84. The normalized spacial score (nSPS) is 13.6. The van der Waals surface area contributed by atoms with E-state index in [9.17, 15) is 0 Å². The third-order valence-corrected chi connectivity index (χ3v) is 4.88. The summed E-state index contributed by atoms with van der Waals surface area (Å²) in [7, 11) is 0. The molecule has 3 aromatic rings. The molecular formula is C21H23N5. The first kappa shape index (κ1) is 16.4. The van der Waals surface area contributed by atoms with E-state index in [4.69, 9.17) is 0 Å². The molecular weight excluding hydrogens is 322 g/mol. The van der Waals surface area contributed by atoms with Gasteiger partial charge in [0, 0.05) is 23.6 Å². The molecule has 26 heavy (non-hydrogen) atoms. The lowest BCUT2D eigenvalue weighted by atomic mass is 10.1. The van der Waals surface area contributed by atoms with Gasteiger partial charge in [-0.2, -0.15) is 5.10 Å². The van der Waals surface area contributed by atoms with E-state index in [1.807, 2.05) is 16.8 Å². The van der Waals surface area contributed by atoms with Crippen LogP contribution in [-0.4, -0.2) is 20.6 Å². The number of rotatable bonds is 6. The van der Waals surface area contributed by atoms with Crippen molar-refractivity contribution in [1.82, 2.24) is 19.9 Å². The van der Waals surface area contributed by atoms with Gasteiger partial charge in [0.2, 0.25) is 0 Å². The molecule has 2 heterocycles. The van der Waals surface area contributed by atoms with Gasteiger partial charge in [-0.25, -0.2) is 9.50 Å². The highest BCUT2D eigenvalue weighted by atomic mass is 15.3. The quantitative estimate of drug-likeness (QED) is 0.693. The highest BCUT2D eigenvalue weighted by Crippen LogP contribution is 2.29. The highest BCUT2D eigenvalue weighted by Gasteiger charge is 2.21. The van der Waals surface area contributed by atoms with Gasteiger partial charge in [0.25, 0.3) is 0 Å². The summed E-state index contributed by atoms with van der Waals surface area (Å²) in [4.78, 5) is 4.47. The van der Waals surface area contributed by atoms with Crippen LogP contribution in [0.25, 0.3) is 17.3 Å². The molecule has 1 fully saturated rings. The molecule has 1 aromatic carbocycles. The van der Waals surface area contributed by atoms with Gasteiger partial charge in [-0.05, 0) is 55.0 Å². The van der Waals surface area contributed by atoms with Crippen molar-refractivity contribution in [1.29, 1.82) is 0 Å². The molecule has 2 aromatic heterocycles. The van der Waals surface area contributed by atoms with E-state index in [1.54, 1.807) is 6.33 Å². The second-order valence-corrected chi connectivity index (χ2v) is 6.87. The smallest absolute Gasteiger partial charge is 0.158 e. The molecule has 5 nitrogen and oxygen atoms in total. The van der Waals surface area contributed by atoms with Crippen molar-refractivity contribution < 1.29 is 0 Å². The zero-order valence-electron chi connectivity index (χ0n) is 15.2. The van der Waals surface area contributed by atoms with Crippen LogP contribution in [0.5, 0.6) is 0 Å². The molecule has 0 bridgehead atoms. The van der Waals surface area contributed by atoms with Crippen molar-refractivity contribution in [2.24, 2.45) is 0 Å². The summed E-state index contributed by atoms with van der Waals surface area (Å²) in [6, 6.07) is 6.92. The van der Waals surface area contributed by atoms with E-state index in [0.29, 0.717) is 6.04 Å². The fourth-order valence-electron chi connectivity index (χ4n) is 3.11. The third-order valence-electron chi connectivity index (χ3n) is 4.88. The molecule has 5 heteroatoms.